The van der Waals surface area contributed by atoms with Gasteiger partial charge < -0.3 is 14.8 Å². The summed E-state index contributed by atoms with van der Waals surface area (Å²) in [7, 11) is 0. The SMILES string of the molecule is O=C(COc1ccc(Oc2ccccn2)cc1)Nc1ccnn1Cc1cccc(Cl)c1Cl. The van der Waals surface area contributed by atoms with Gasteiger partial charge in [0.1, 0.15) is 17.3 Å². The van der Waals surface area contributed by atoms with Crippen molar-refractivity contribution in [2.75, 3.05) is 11.9 Å². The molecular formula is C23H18Cl2N4O3. The minimum atomic E-state index is -0.322. The number of nitrogens with zero attached hydrogens (tertiary/aromatic N) is 3. The molecule has 0 radical (unpaired) electrons. The number of pyridine rings is 1. The molecule has 7 nitrogen and oxygen atoms in total. The number of rotatable bonds is 8. The maximum Gasteiger partial charge on any atom is 0.263 e. The van der Waals surface area contributed by atoms with Gasteiger partial charge in [0.05, 0.1) is 22.8 Å². The summed E-state index contributed by atoms with van der Waals surface area (Å²) in [5.41, 5.74) is 0.794. The van der Waals surface area contributed by atoms with Crippen LogP contribution in [-0.2, 0) is 11.3 Å². The molecule has 162 valence electrons. The fourth-order valence-corrected chi connectivity index (χ4v) is 3.24. The van der Waals surface area contributed by atoms with Crippen molar-refractivity contribution in [3.05, 3.63) is 94.7 Å². The van der Waals surface area contributed by atoms with Crippen molar-refractivity contribution in [1.29, 1.82) is 0 Å². The normalized spacial score (nSPS) is 10.6. The van der Waals surface area contributed by atoms with Crippen LogP contribution in [0.3, 0.4) is 0 Å². The third-order valence-electron chi connectivity index (χ3n) is 4.39. The fraction of sp³-hybridized carbons (Fsp3) is 0.0870. The summed E-state index contributed by atoms with van der Waals surface area (Å²) in [6, 6.07) is 19.4. The summed E-state index contributed by atoms with van der Waals surface area (Å²) in [5, 5.41) is 7.95. The molecule has 0 aliphatic rings. The molecule has 9 heteroatoms. The number of ether oxygens (including phenoxy) is 2. The second-order valence-electron chi connectivity index (χ2n) is 6.67. The van der Waals surface area contributed by atoms with E-state index in [1.807, 2.05) is 24.3 Å². The Kier molecular flexibility index (Phi) is 6.89. The van der Waals surface area contributed by atoms with E-state index in [1.54, 1.807) is 59.5 Å². The monoisotopic (exact) mass is 468 g/mol. The molecule has 0 bridgehead atoms. The highest BCUT2D eigenvalue weighted by Crippen LogP contribution is 2.27. The van der Waals surface area contributed by atoms with E-state index in [0.29, 0.717) is 39.8 Å². The molecule has 0 spiro atoms. The van der Waals surface area contributed by atoms with E-state index >= 15 is 0 Å². The van der Waals surface area contributed by atoms with Crippen molar-refractivity contribution in [3.8, 4) is 17.4 Å². The highest BCUT2D eigenvalue weighted by atomic mass is 35.5. The van der Waals surface area contributed by atoms with Gasteiger partial charge in [0, 0.05) is 18.3 Å². The van der Waals surface area contributed by atoms with E-state index in [1.165, 1.54) is 0 Å². The number of hydrogen-bond acceptors (Lipinski definition) is 5. The minimum absolute atomic E-state index is 0.163. The number of benzene rings is 2. The Morgan fingerprint density at radius 3 is 2.53 bits per heavy atom. The zero-order valence-electron chi connectivity index (χ0n) is 16.7. The number of aromatic nitrogens is 3. The lowest BCUT2D eigenvalue weighted by molar-refractivity contribution is -0.118. The molecule has 32 heavy (non-hydrogen) atoms. The zero-order valence-corrected chi connectivity index (χ0v) is 18.3. The van der Waals surface area contributed by atoms with Crippen LogP contribution in [0.25, 0.3) is 0 Å². The summed E-state index contributed by atoms with van der Waals surface area (Å²) in [6.07, 6.45) is 3.25. The Morgan fingerprint density at radius 2 is 1.75 bits per heavy atom. The summed E-state index contributed by atoms with van der Waals surface area (Å²) < 4.78 is 12.8. The molecule has 0 aliphatic heterocycles. The Bertz CT molecular complexity index is 1200. The van der Waals surface area contributed by atoms with Crippen LogP contribution in [0.2, 0.25) is 10.0 Å². The van der Waals surface area contributed by atoms with Crippen molar-refractivity contribution < 1.29 is 14.3 Å². The van der Waals surface area contributed by atoms with Gasteiger partial charge >= 0.3 is 0 Å². The number of amides is 1. The third kappa shape index (κ3) is 5.57. The average Bonchev–Trinajstić information content (AvgIpc) is 3.23. The second kappa shape index (κ2) is 10.2. The van der Waals surface area contributed by atoms with Crippen molar-refractivity contribution >= 4 is 34.9 Å². The highest BCUT2D eigenvalue weighted by Gasteiger charge is 2.11. The molecule has 0 saturated carbocycles. The van der Waals surface area contributed by atoms with E-state index in [0.717, 1.165) is 5.56 Å². The molecule has 2 heterocycles. The van der Waals surface area contributed by atoms with E-state index in [9.17, 15) is 4.79 Å². The quantitative estimate of drug-likeness (QED) is 0.372. The van der Waals surface area contributed by atoms with Crippen LogP contribution in [-0.4, -0.2) is 27.3 Å². The van der Waals surface area contributed by atoms with Crippen LogP contribution < -0.4 is 14.8 Å². The molecular weight excluding hydrogens is 451 g/mol. The first-order valence-corrected chi connectivity index (χ1v) is 10.4. The van der Waals surface area contributed by atoms with Crippen molar-refractivity contribution in [2.45, 2.75) is 6.54 Å². The Morgan fingerprint density at radius 1 is 0.938 bits per heavy atom. The molecule has 0 atom stereocenters. The van der Waals surface area contributed by atoms with Crippen LogP contribution in [0, 0.1) is 0 Å². The van der Waals surface area contributed by atoms with Gasteiger partial charge in [0.25, 0.3) is 5.91 Å². The predicted molar refractivity (Wildman–Crippen MR) is 123 cm³/mol. The Labute approximate surface area is 194 Å². The Balaban J connectivity index is 1.31. The van der Waals surface area contributed by atoms with Gasteiger partial charge in [0.2, 0.25) is 5.88 Å². The van der Waals surface area contributed by atoms with Gasteiger partial charge in [-0.15, -0.1) is 0 Å². The molecule has 1 N–H and O–H groups in total. The summed E-state index contributed by atoms with van der Waals surface area (Å²) in [6.45, 7) is 0.199. The lowest BCUT2D eigenvalue weighted by atomic mass is 10.2. The number of carbonyl (C=O) groups is 1. The number of nitrogens with one attached hydrogen (secondary N) is 1. The largest absolute Gasteiger partial charge is 0.484 e. The standard InChI is InChI=1S/C23H18Cl2N4O3/c24-19-5-3-4-16(23(19)25)14-29-20(11-13-27-29)28-21(30)15-31-17-7-9-18(10-8-17)32-22-6-1-2-12-26-22/h1-13H,14-15H2,(H,28,30). The van der Waals surface area contributed by atoms with Crippen LogP contribution in [0.4, 0.5) is 5.82 Å². The maximum atomic E-state index is 12.4. The molecule has 4 aromatic rings. The van der Waals surface area contributed by atoms with Gasteiger partial charge in [0.15, 0.2) is 6.61 Å². The van der Waals surface area contributed by atoms with Gasteiger partial charge in [-0.25, -0.2) is 9.67 Å². The van der Waals surface area contributed by atoms with E-state index in [2.05, 4.69) is 15.4 Å². The number of anilines is 1. The topological polar surface area (TPSA) is 78.3 Å². The molecule has 2 aromatic carbocycles. The van der Waals surface area contributed by atoms with Crippen molar-refractivity contribution in [3.63, 3.8) is 0 Å². The van der Waals surface area contributed by atoms with Crippen molar-refractivity contribution in [2.24, 2.45) is 0 Å². The summed E-state index contributed by atoms with van der Waals surface area (Å²) >= 11 is 12.3. The van der Waals surface area contributed by atoms with Gasteiger partial charge in [-0.05, 0) is 42.0 Å². The molecule has 0 saturated heterocycles. The number of hydrogen-bond donors (Lipinski definition) is 1. The van der Waals surface area contributed by atoms with E-state index in [4.69, 9.17) is 32.7 Å². The van der Waals surface area contributed by atoms with Crippen LogP contribution in [0.5, 0.6) is 17.4 Å². The molecule has 1 amide bonds. The molecule has 0 fully saturated rings. The molecule has 4 rings (SSSR count). The Hall–Kier alpha value is -3.55. The van der Waals surface area contributed by atoms with Crippen molar-refractivity contribution in [1.82, 2.24) is 14.8 Å². The fourth-order valence-electron chi connectivity index (χ4n) is 2.86. The average molecular weight is 469 g/mol. The summed E-state index contributed by atoms with van der Waals surface area (Å²) in [4.78, 5) is 16.5. The zero-order chi connectivity index (χ0) is 22.3. The molecule has 0 aliphatic carbocycles. The lowest BCUT2D eigenvalue weighted by Gasteiger charge is -2.11. The summed E-state index contributed by atoms with van der Waals surface area (Å²) in [5.74, 6) is 1.85. The first-order chi connectivity index (χ1) is 15.6. The van der Waals surface area contributed by atoms with E-state index < -0.39 is 0 Å². The number of carbonyl (C=O) groups excluding carboxylic acids is 1. The first kappa shape index (κ1) is 21.7. The highest BCUT2D eigenvalue weighted by molar-refractivity contribution is 6.42. The smallest absolute Gasteiger partial charge is 0.263 e. The second-order valence-corrected chi connectivity index (χ2v) is 7.45. The van der Waals surface area contributed by atoms with Gasteiger partial charge in [-0.2, -0.15) is 5.10 Å². The van der Waals surface area contributed by atoms with E-state index in [-0.39, 0.29) is 12.5 Å². The minimum Gasteiger partial charge on any atom is -0.484 e. The van der Waals surface area contributed by atoms with Gasteiger partial charge in [-0.1, -0.05) is 41.4 Å². The van der Waals surface area contributed by atoms with Crippen LogP contribution >= 0.6 is 23.2 Å². The van der Waals surface area contributed by atoms with Crippen LogP contribution in [0.15, 0.2) is 79.1 Å². The third-order valence-corrected chi connectivity index (χ3v) is 5.25. The molecule has 0 unspecified atom stereocenters. The predicted octanol–water partition coefficient (Wildman–Crippen LogP) is 5.44. The lowest BCUT2D eigenvalue weighted by Crippen LogP contribution is -2.22. The first-order valence-electron chi connectivity index (χ1n) is 9.65. The van der Waals surface area contributed by atoms with Crippen LogP contribution in [0.1, 0.15) is 5.56 Å². The molecule has 2 aromatic heterocycles. The maximum absolute atomic E-state index is 12.4. The van der Waals surface area contributed by atoms with Gasteiger partial charge in [-0.3, -0.25) is 4.79 Å². The number of halogens is 2.